The SMILES string of the molecule is C=C(C)C(=O)OC1C2CC3C1OC(=O)C3C2C(=O)OCCNS(=O)(=O)C(F)(F)F. The smallest absolute Gasteiger partial charge is 0.464 e. The minimum absolute atomic E-state index is 0.129. The van der Waals surface area contributed by atoms with E-state index in [4.69, 9.17) is 14.2 Å². The number of halogens is 3. The van der Waals surface area contributed by atoms with Crippen molar-refractivity contribution in [3.05, 3.63) is 12.2 Å². The van der Waals surface area contributed by atoms with Crippen LogP contribution in [0.2, 0.25) is 0 Å². The Balaban J connectivity index is 1.62. The minimum Gasteiger partial charge on any atom is -0.464 e. The highest BCUT2D eigenvalue weighted by Crippen LogP contribution is 2.59. The lowest BCUT2D eigenvalue weighted by Gasteiger charge is -2.30. The lowest BCUT2D eigenvalue weighted by atomic mass is 9.78. The van der Waals surface area contributed by atoms with Crippen molar-refractivity contribution < 1.29 is 50.2 Å². The van der Waals surface area contributed by atoms with Gasteiger partial charge in [-0.1, -0.05) is 6.58 Å². The van der Waals surface area contributed by atoms with E-state index in [9.17, 15) is 36.0 Å². The molecule has 1 heterocycles. The van der Waals surface area contributed by atoms with E-state index < -0.39 is 76.6 Å². The third-order valence-corrected chi connectivity index (χ3v) is 6.55. The van der Waals surface area contributed by atoms with Gasteiger partial charge in [-0.25, -0.2) is 17.9 Å². The molecule has 162 valence electrons. The van der Waals surface area contributed by atoms with Crippen LogP contribution in [0.3, 0.4) is 0 Å². The number of carbonyl (C=O) groups is 3. The lowest BCUT2D eigenvalue weighted by molar-refractivity contribution is -0.162. The predicted molar refractivity (Wildman–Crippen MR) is 87.1 cm³/mol. The van der Waals surface area contributed by atoms with Crippen molar-refractivity contribution in [2.75, 3.05) is 13.2 Å². The lowest BCUT2D eigenvalue weighted by Crippen LogP contribution is -2.44. The highest BCUT2D eigenvalue weighted by atomic mass is 32.2. The molecule has 2 aliphatic carbocycles. The molecule has 3 fully saturated rings. The molecule has 0 amide bonds. The van der Waals surface area contributed by atoms with Crippen LogP contribution >= 0.6 is 0 Å². The van der Waals surface area contributed by atoms with E-state index in [2.05, 4.69) is 6.58 Å². The van der Waals surface area contributed by atoms with Crippen molar-refractivity contribution in [3.63, 3.8) is 0 Å². The molecule has 6 atom stereocenters. The molecule has 29 heavy (non-hydrogen) atoms. The molecule has 2 bridgehead atoms. The third kappa shape index (κ3) is 3.72. The molecule has 6 unspecified atom stereocenters. The van der Waals surface area contributed by atoms with Crippen molar-refractivity contribution in [1.29, 1.82) is 0 Å². The fourth-order valence-corrected chi connectivity index (χ4v) is 4.71. The van der Waals surface area contributed by atoms with Gasteiger partial charge in [0, 0.05) is 24.0 Å². The molecule has 1 aliphatic heterocycles. The topological polar surface area (TPSA) is 125 Å². The molecule has 1 saturated heterocycles. The number of esters is 3. The zero-order valence-electron chi connectivity index (χ0n) is 15.1. The Morgan fingerprint density at radius 3 is 2.55 bits per heavy atom. The van der Waals surface area contributed by atoms with Crippen LogP contribution in [-0.2, 0) is 38.6 Å². The summed E-state index contributed by atoms with van der Waals surface area (Å²) in [5, 5.41) is 0. The molecule has 9 nitrogen and oxygen atoms in total. The molecular formula is C16H18F3NO8S. The summed E-state index contributed by atoms with van der Waals surface area (Å²) in [5.41, 5.74) is -5.35. The monoisotopic (exact) mass is 441 g/mol. The Labute approximate surface area is 163 Å². The van der Waals surface area contributed by atoms with E-state index in [1.807, 2.05) is 0 Å². The number of alkyl halides is 3. The van der Waals surface area contributed by atoms with Crippen LogP contribution in [0.1, 0.15) is 13.3 Å². The highest BCUT2D eigenvalue weighted by Gasteiger charge is 2.70. The third-order valence-electron chi connectivity index (χ3n) is 5.35. The number of hydrogen-bond acceptors (Lipinski definition) is 8. The fourth-order valence-electron chi connectivity index (χ4n) is 4.20. The number of fused-ring (bicyclic) bond motifs is 1. The quantitative estimate of drug-likeness (QED) is 0.258. The van der Waals surface area contributed by atoms with Crippen molar-refractivity contribution in [2.24, 2.45) is 23.7 Å². The van der Waals surface area contributed by atoms with Crippen LogP contribution in [-0.4, -0.2) is 57.2 Å². The number of carbonyl (C=O) groups excluding carboxylic acids is 3. The Morgan fingerprint density at radius 1 is 1.31 bits per heavy atom. The van der Waals surface area contributed by atoms with Crippen molar-refractivity contribution in [3.8, 4) is 0 Å². The number of rotatable bonds is 7. The van der Waals surface area contributed by atoms with Gasteiger partial charge in [-0.3, -0.25) is 9.59 Å². The number of nitrogens with one attached hydrogen (secondary N) is 1. The average molecular weight is 441 g/mol. The second kappa shape index (κ2) is 7.27. The molecule has 0 aromatic rings. The molecule has 1 N–H and O–H groups in total. The van der Waals surface area contributed by atoms with Crippen LogP contribution in [0, 0.1) is 23.7 Å². The summed E-state index contributed by atoms with van der Waals surface area (Å²) in [4.78, 5) is 36.5. The molecule has 0 radical (unpaired) electrons. The van der Waals surface area contributed by atoms with Crippen LogP contribution in [0.25, 0.3) is 0 Å². The minimum atomic E-state index is -5.55. The van der Waals surface area contributed by atoms with E-state index in [0.717, 1.165) is 0 Å². The molecule has 13 heteroatoms. The molecule has 2 saturated carbocycles. The van der Waals surface area contributed by atoms with Crippen molar-refractivity contribution >= 4 is 27.9 Å². The molecule has 3 aliphatic rings. The van der Waals surface area contributed by atoms with Gasteiger partial charge in [0.1, 0.15) is 18.8 Å². The summed E-state index contributed by atoms with van der Waals surface area (Å²) in [7, 11) is -5.55. The first-order chi connectivity index (χ1) is 13.3. The van der Waals surface area contributed by atoms with Crippen LogP contribution in [0.4, 0.5) is 13.2 Å². The van der Waals surface area contributed by atoms with Gasteiger partial charge in [0.2, 0.25) is 0 Å². The van der Waals surface area contributed by atoms with Crippen LogP contribution in [0.5, 0.6) is 0 Å². The Hall–Kier alpha value is -2.15. The van der Waals surface area contributed by atoms with Crippen LogP contribution in [0.15, 0.2) is 12.2 Å². The van der Waals surface area contributed by atoms with E-state index in [1.165, 1.54) is 11.6 Å². The second-order valence-electron chi connectivity index (χ2n) is 7.18. The van der Waals surface area contributed by atoms with E-state index in [-0.39, 0.29) is 11.5 Å². The summed E-state index contributed by atoms with van der Waals surface area (Å²) in [6, 6.07) is 0. The van der Waals surface area contributed by atoms with Crippen LogP contribution < -0.4 is 4.72 Å². The van der Waals surface area contributed by atoms with Gasteiger partial charge in [-0.05, 0) is 13.3 Å². The van der Waals surface area contributed by atoms with Gasteiger partial charge < -0.3 is 14.2 Å². The number of sulfonamides is 1. The molecule has 3 rings (SSSR count). The van der Waals surface area contributed by atoms with Gasteiger partial charge in [0.25, 0.3) is 0 Å². The van der Waals surface area contributed by atoms with Gasteiger partial charge >= 0.3 is 33.4 Å². The predicted octanol–water partition coefficient (Wildman–Crippen LogP) is 0.264. The van der Waals surface area contributed by atoms with Crippen molar-refractivity contribution in [2.45, 2.75) is 31.1 Å². The Bertz CT molecular complexity index is 855. The van der Waals surface area contributed by atoms with E-state index in [1.54, 1.807) is 0 Å². The molecular weight excluding hydrogens is 423 g/mol. The maximum atomic E-state index is 12.5. The normalized spacial score (nSPS) is 32.8. The first-order valence-corrected chi connectivity index (χ1v) is 10.1. The number of ether oxygens (including phenoxy) is 3. The summed E-state index contributed by atoms with van der Waals surface area (Å²) in [6.07, 6.45) is -1.13. The summed E-state index contributed by atoms with van der Waals surface area (Å²) in [6.45, 7) is 3.45. The van der Waals surface area contributed by atoms with Gasteiger partial charge in [-0.15, -0.1) is 0 Å². The Kier molecular flexibility index (Phi) is 5.41. The molecule has 0 aromatic carbocycles. The largest absolute Gasteiger partial charge is 0.511 e. The summed E-state index contributed by atoms with van der Waals surface area (Å²) < 4.78 is 75.3. The highest BCUT2D eigenvalue weighted by molar-refractivity contribution is 7.90. The first kappa shape index (κ1) is 21.6. The maximum absolute atomic E-state index is 12.5. The average Bonchev–Trinajstić information content (AvgIpc) is 3.20. The first-order valence-electron chi connectivity index (χ1n) is 8.64. The van der Waals surface area contributed by atoms with E-state index >= 15 is 0 Å². The second-order valence-corrected chi connectivity index (χ2v) is 8.94. The van der Waals surface area contributed by atoms with E-state index in [0.29, 0.717) is 6.42 Å². The zero-order valence-corrected chi connectivity index (χ0v) is 15.9. The molecule has 0 aromatic heterocycles. The molecule has 0 spiro atoms. The summed E-state index contributed by atoms with van der Waals surface area (Å²) >= 11 is 0. The van der Waals surface area contributed by atoms with Gasteiger partial charge in [-0.2, -0.15) is 13.2 Å². The number of hydrogen-bond donors (Lipinski definition) is 1. The van der Waals surface area contributed by atoms with Crippen molar-refractivity contribution in [1.82, 2.24) is 4.72 Å². The van der Waals surface area contributed by atoms with Gasteiger partial charge in [0.05, 0.1) is 11.8 Å². The Morgan fingerprint density at radius 2 is 1.97 bits per heavy atom. The fraction of sp³-hybridized carbons (Fsp3) is 0.688. The van der Waals surface area contributed by atoms with Gasteiger partial charge in [0.15, 0.2) is 0 Å². The zero-order chi connectivity index (χ0) is 21.7. The maximum Gasteiger partial charge on any atom is 0.511 e. The standard InChI is InChI=1S/C16H18F3NO8S/c1-6(2)13(21)27-11-7-5-8-10(15(23)28-12(8)11)9(7)14(22)26-4-3-20-29(24,25)16(17,18)19/h7-12,20H,1,3-5H2,2H3. The summed E-state index contributed by atoms with van der Waals surface area (Å²) in [5.74, 6) is -4.88.